The number of H-pyrrole nitrogens is 1. The summed E-state index contributed by atoms with van der Waals surface area (Å²) in [6.07, 6.45) is 3.82. The summed E-state index contributed by atoms with van der Waals surface area (Å²) in [5.41, 5.74) is 7.05. The number of fused-ring (bicyclic) bond motifs is 2. The number of aromatic nitrogens is 1. The van der Waals surface area contributed by atoms with Crippen LogP contribution in [0.25, 0.3) is 10.9 Å². The molecular formula is C26H24Cl2FN3O4S. The number of amides is 1. The highest BCUT2D eigenvalue weighted by molar-refractivity contribution is 7.86. The maximum atomic E-state index is 14.3. The number of aryl methyl sites for hydroxylation is 1. The van der Waals surface area contributed by atoms with Gasteiger partial charge in [0, 0.05) is 11.6 Å². The van der Waals surface area contributed by atoms with Gasteiger partial charge in [0.2, 0.25) is 0 Å². The van der Waals surface area contributed by atoms with Crippen molar-refractivity contribution in [2.45, 2.75) is 24.7 Å². The molecule has 5 rings (SSSR count). The lowest BCUT2D eigenvalue weighted by molar-refractivity contribution is 0.0996. The topological polar surface area (TPSA) is 106 Å². The fraction of sp³-hybridized carbons (Fsp3) is 0.192. The van der Waals surface area contributed by atoms with E-state index in [0.717, 1.165) is 17.9 Å². The molecule has 1 amide bonds. The standard InChI is InChI=1S/C15H10Cl2FN3O2S.C11H14O2/c16-8-4-5-10(14-12(8)9(17)6-20-14)21-24(23)11-3-1-2-7(13(11)18)15(19)22;1-2-3-9-4-5-10-11(8-9)13-7-6-12-10/h1-6,20-21H,(H2,19,22);4-5,8H,2-3,6-7H2,1H3. The van der Waals surface area contributed by atoms with E-state index < -0.39 is 22.7 Å². The minimum atomic E-state index is -1.97. The van der Waals surface area contributed by atoms with Crippen LogP contribution in [0.15, 0.2) is 59.6 Å². The normalized spacial score (nSPS) is 13.0. The molecule has 0 bridgehead atoms. The molecular weight excluding hydrogens is 540 g/mol. The summed E-state index contributed by atoms with van der Waals surface area (Å²) < 4.78 is 40.3. The van der Waals surface area contributed by atoms with Crippen molar-refractivity contribution in [3.63, 3.8) is 0 Å². The number of anilines is 1. The molecule has 0 spiro atoms. The van der Waals surface area contributed by atoms with E-state index in [1.54, 1.807) is 18.3 Å². The number of hydrogen-bond donors (Lipinski definition) is 3. The molecule has 3 aromatic carbocycles. The Balaban J connectivity index is 0.000000207. The van der Waals surface area contributed by atoms with Gasteiger partial charge in [0.15, 0.2) is 28.3 Å². The van der Waals surface area contributed by atoms with Gasteiger partial charge in [-0.15, -0.1) is 0 Å². The molecule has 37 heavy (non-hydrogen) atoms. The third kappa shape index (κ3) is 6.01. The quantitative estimate of drug-likeness (QED) is 0.257. The number of carbonyl (C=O) groups excluding carboxylic acids is 1. The summed E-state index contributed by atoms with van der Waals surface area (Å²) in [6, 6.07) is 13.3. The SMILES string of the molecule is CCCc1ccc2c(c1)OCCO2.NC(=O)c1cccc(S(=O)Nc2ccc(Cl)c3c(Cl)c[nH]c23)c1F. The zero-order chi connectivity index (χ0) is 26.5. The van der Waals surface area contributed by atoms with Crippen LogP contribution in [0.1, 0.15) is 29.3 Å². The van der Waals surface area contributed by atoms with Crippen LogP contribution in [0.3, 0.4) is 0 Å². The first kappa shape index (κ1) is 26.8. The minimum Gasteiger partial charge on any atom is -0.486 e. The molecule has 7 nitrogen and oxygen atoms in total. The number of rotatable bonds is 6. The van der Waals surface area contributed by atoms with Crippen LogP contribution in [-0.4, -0.2) is 28.3 Å². The summed E-state index contributed by atoms with van der Waals surface area (Å²) in [5, 5.41) is 1.40. The molecule has 1 unspecified atom stereocenters. The van der Waals surface area contributed by atoms with Gasteiger partial charge < -0.3 is 20.2 Å². The number of aromatic amines is 1. The third-order valence-electron chi connectivity index (χ3n) is 5.51. The van der Waals surface area contributed by atoms with Crippen molar-refractivity contribution in [1.29, 1.82) is 0 Å². The lowest BCUT2D eigenvalue weighted by Gasteiger charge is -2.18. The highest BCUT2D eigenvalue weighted by Gasteiger charge is 2.18. The maximum absolute atomic E-state index is 14.3. The van der Waals surface area contributed by atoms with Crippen molar-refractivity contribution < 1.29 is 22.9 Å². The van der Waals surface area contributed by atoms with Crippen LogP contribution >= 0.6 is 23.2 Å². The van der Waals surface area contributed by atoms with Crippen molar-refractivity contribution in [2.24, 2.45) is 5.73 Å². The van der Waals surface area contributed by atoms with E-state index in [1.165, 1.54) is 30.2 Å². The van der Waals surface area contributed by atoms with E-state index in [1.807, 2.05) is 6.07 Å². The van der Waals surface area contributed by atoms with Gasteiger partial charge in [0.1, 0.15) is 13.2 Å². The zero-order valence-electron chi connectivity index (χ0n) is 19.8. The molecule has 194 valence electrons. The Bertz CT molecular complexity index is 1480. The summed E-state index contributed by atoms with van der Waals surface area (Å²) in [5.74, 6) is -0.0785. The Kier molecular flexibility index (Phi) is 8.58. The number of halogens is 3. The largest absolute Gasteiger partial charge is 0.486 e. The lowest BCUT2D eigenvalue weighted by Crippen LogP contribution is -2.16. The Morgan fingerprint density at radius 1 is 1.11 bits per heavy atom. The summed E-state index contributed by atoms with van der Waals surface area (Å²) in [4.78, 5) is 13.9. The molecule has 1 aliphatic rings. The third-order valence-corrected chi connectivity index (χ3v) is 7.25. The van der Waals surface area contributed by atoms with Gasteiger partial charge in [-0.2, -0.15) is 0 Å². The average Bonchev–Trinajstić information content (AvgIpc) is 3.28. The van der Waals surface area contributed by atoms with Gasteiger partial charge >= 0.3 is 0 Å². The Labute approximate surface area is 225 Å². The average molecular weight is 564 g/mol. The molecule has 0 saturated carbocycles. The van der Waals surface area contributed by atoms with Crippen LogP contribution in [0.4, 0.5) is 10.1 Å². The van der Waals surface area contributed by atoms with Gasteiger partial charge in [-0.25, -0.2) is 8.60 Å². The molecule has 11 heteroatoms. The molecule has 0 fully saturated rings. The number of primary amides is 1. The van der Waals surface area contributed by atoms with E-state index in [-0.39, 0.29) is 10.5 Å². The van der Waals surface area contributed by atoms with E-state index in [0.29, 0.717) is 39.8 Å². The van der Waals surface area contributed by atoms with Crippen LogP contribution < -0.4 is 19.9 Å². The number of benzene rings is 3. The molecule has 0 saturated heterocycles. The number of hydrogen-bond acceptors (Lipinski definition) is 4. The van der Waals surface area contributed by atoms with Gasteiger partial charge in [-0.3, -0.25) is 9.52 Å². The smallest absolute Gasteiger partial charge is 0.251 e. The number of nitrogens with two attached hydrogens (primary N) is 1. The first-order chi connectivity index (χ1) is 17.8. The van der Waals surface area contributed by atoms with E-state index in [2.05, 4.69) is 28.8 Å². The Hall–Kier alpha value is -3.27. The molecule has 2 heterocycles. The van der Waals surface area contributed by atoms with Crippen LogP contribution in [0.2, 0.25) is 10.0 Å². The fourth-order valence-electron chi connectivity index (χ4n) is 3.78. The van der Waals surface area contributed by atoms with E-state index in [9.17, 15) is 13.4 Å². The molecule has 0 aliphatic carbocycles. The van der Waals surface area contributed by atoms with Gasteiger partial charge in [-0.05, 0) is 48.4 Å². The Morgan fingerprint density at radius 2 is 1.86 bits per heavy atom. The molecule has 4 N–H and O–H groups in total. The second kappa shape index (κ2) is 11.9. The van der Waals surface area contributed by atoms with Crippen molar-refractivity contribution in [1.82, 2.24) is 4.98 Å². The van der Waals surface area contributed by atoms with Gasteiger partial charge in [0.25, 0.3) is 5.91 Å². The predicted octanol–water partition coefficient (Wildman–Crippen LogP) is 6.26. The first-order valence-electron chi connectivity index (χ1n) is 11.4. The van der Waals surface area contributed by atoms with E-state index in [4.69, 9.17) is 38.4 Å². The summed E-state index contributed by atoms with van der Waals surface area (Å²) in [6.45, 7) is 3.51. The second-order valence-electron chi connectivity index (χ2n) is 8.06. The van der Waals surface area contributed by atoms with Crippen LogP contribution in [0.5, 0.6) is 11.5 Å². The van der Waals surface area contributed by atoms with Crippen molar-refractivity contribution in [2.75, 3.05) is 17.9 Å². The molecule has 1 aliphatic heterocycles. The molecule has 4 aromatic rings. The fourth-order valence-corrected chi connectivity index (χ4v) is 5.30. The van der Waals surface area contributed by atoms with Gasteiger partial charge in [-0.1, -0.05) is 48.7 Å². The monoisotopic (exact) mass is 563 g/mol. The highest BCUT2D eigenvalue weighted by Crippen LogP contribution is 2.35. The maximum Gasteiger partial charge on any atom is 0.251 e. The van der Waals surface area contributed by atoms with E-state index >= 15 is 0 Å². The summed E-state index contributed by atoms with van der Waals surface area (Å²) >= 11 is 12.1. The second-order valence-corrected chi connectivity index (χ2v) is 10.1. The molecule has 1 atom stereocenters. The van der Waals surface area contributed by atoms with Gasteiger partial charge in [0.05, 0.1) is 31.7 Å². The van der Waals surface area contributed by atoms with Crippen molar-refractivity contribution in [3.05, 3.63) is 81.7 Å². The van der Waals surface area contributed by atoms with Crippen LogP contribution in [0, 0.1) is 5.82 Å². The highest BCUT2D eigenvalue weighted by atomic mass is 35.5. The minimum absolute atomic E-state index is 0.188. The number of nitrogens with one attached hydrogen (secondary N) is 2. The van der Waals surface area contributed by atoms with Crippen molar-refractivity contribution >= 4 is 56.7 Å². The predicted molar refractivity (Wildman–Crippen MR) is 145 cm³/mol. The number of carbonyl (C=O) groups is 1. The van der Waals surface area contributed by atoms with Crippen molar-refractivity contribution in [3.8, 4) is 11.5 Å². The lowest BCUT2D eigenvalue weighted by atomic mass is 10.1. The summed E-state index contributed by atoms with van der Waals surface area (Å²) in [7, 11) is -1.97. The van der Waals surface area contributed by atoms with Crippen LogP contribution in [-0.2, 0) is 17.4 Å². The first-order valence-corrected chi connectivity index (χ1v) is 13.3. The zero-order valence-corrected chi connectivity index (χ0v) is 22.1. The molecule has 1 aromatic heterocycles. The number of ether oxygens (including phenoxy) is 2. The molecule has 0 radical (unpaired) electrons. The Morgan fingerprint density at radius 3 is 2.59 bits per heavy atom.